The molecule has 0 aliphatic carbocycles. The zero-order valence-electron chi connectivity index (χ0n) is 36.5. The van der Waals surface area contributed by atoms with Gasteiger partial charge in [-0.25, -0.2) is 4.57 Å². The number of likely N-dealkylation sites (N-methyl/N-ethyl adjacent to an activating group) is 1. The maximum atomic E-state index is 12.6. The van der Waals surface area contributed by atoms with Gasteiger partial charge in [-0.1, -0.05) is 183 Å². The van der Waals surface area contributed by atoms with Gasteiger partial charge in [0.2, 0.25) is 0 Å². The molecule has 0 heterocycles. The van der Waals surface area contributed by atoms with E-state index in [-0.39, 0.29) is 13.2 Å². The van der Waals surface area contributed by atoms with Gasteiger partial charge in [-0.15, -0.1) is 0 Å². The van der Waals surface area contributed by atoms with Crippen LogP contribution in [0.25, 0.3) is 0 Å². The summed E-state index contributed by atoms with van der Waals surface area (Å²) >= 11 is 0. The van der Waals surface area contributed by atoms with Crippen LogP contribution in [0.1, 0.15) is 196 Å². The molecule has 0 saturated carbocycles. The summed E-state index contributed by atoms with van der Waals surface area (Å²) in [7, 11) is 1.90. The Labute approximate surface area is 325 Å². The van der Waals surface area contributed by atoms with E-state index in [4.69, 9.17) is 18.5 Å². The van der Waals surface area contributed by atoms with E-state index < -0.39 is 13.9 Å². The van der Waals surface area contributed by atoms with Gasteiger partial charge < -0.3 is 18.9 Å². The van der Waals surface area contributed by atoms with Crippen LogP contribution < -0.4 is 0 Å². The number of phosphoric acid groups is 1. The Morgan fingerprint density at radius 2 is 0.962 bits per heavy atom. The van der Waals surface area contributed by atoms with Crippen LogP contribution in [-0.2, 0) is 23.1 Å². The van der Waals surface area contributed by atoms with Crippen molar-refractivity contribution in [2.45, 2.75) is 202 Å². The Kier molecular flexibility index (Phi) is 34.2. The minimum Gasteiger partial charge on any atom is -0.379 e. The minimum atomic E-state index is -4.15. The van der Waals surface area contributed by atoms with E-state index in [0.717, 1.165) is 30.6 Å². The smallest absolute Gasteiger partial charge is 0.379 e. The lowest BCUT2D eigenvalue weighted by Crippen LogP contribution is -2.37. The van der Waals surface area contributed by atoms with Crippen molar-refractivity contribution in [3.8, 4) is 0 Å². The molecule has 5 atom stereocenters. The van der Waals surface area contributed by atoms with Gasteiger partial charge in [-0.2, -0.15) is 0 Å². The summed E-state index contributed by atoms with van der Waals surface area (Å²) in [5, 5.41) is 0. The molecule has 0 spiro atoms. The molecule has 0 radical (unpaired) electrons. The summed E-state index contributed by atoms with van der Waals surface area (Å²) in [5.74, 6) is 3.06. The van der Waals surface area contributed by atoms with Gasteiger partial charge in [0.05, 0.1) is 34.4 Å². The maximum Gasteiger partial charge on any atom is 0.472 e. The Bertz CT molecular complexity index is 806. The van der Waals surface area contributed by atoms with Crippen LogP contribution in [0.2, 0.25) is 0 Å². The van der Waals surface area contributed by atoms with Crippen molar-refractivity contribution < 1.29 is 32.5 Å². The Hall–Kier alpha value is -0.0100. The van der Waals surface area contributed by atoms with Gasteiger partial charge in [0.25, 0.3) is 0 Å². The van der Waals surface area contributed by atoms with Crippen molar-refractivity contribution in [3.05, 3.63) is 0 Å². The van der Waals surface area contributed by atoms with Gasteiger partial charge in [0.15, 0.2) is 0 Å². The van der Waals surface area contributed by atoms with Crippen LogP contribution in [0.5, 0.6) is 0 Å². The molecule has 0 aliphatic heterocycles. The van der Waals surface area contributed by atoms with Gasteiger partial charge in [0, 0.05) is 13.2 Å². The molecule has 0 fully saturated rings. The highest BCUT2D eigenvalue weighted by Gasteiger charge is 2.25. The average molecular weight is 763 g/mol. The van der Waals surface area contributed by atoms with Crippen molar-refractivity contribution in [2.24, 2.45) is 23.7 Å². The lowest BCUT2D eigenvalue weighted by molar-refractivity contribution is -0.870. The number of nitrogens with zero attached hydrogens (tertiary/aromatic N) is 1. The third-order valence-corrected chi connectivity index (χ3v) is 11.6. The van der Waals surface area contributed by atoms with Gasteiger partial charge in [0.1, 0.15) is 19.3 Å². The zero-order chi connectivity index (χ0) is 38.9. The quantitative estimate of drug-likeness (QED) is 0.0381. The molecule has 314 valence electrons. The second-order valence-corrected chi connectivity index (χ2v) is 19.5. The first-order valence-electron chi connectivity index (χ1n) is 22.4. The molecule has 0 aromatic carbocycles. The van der Waals surface area contributed by atoms with Crippen molar-refractivity contribution in [1.29, 1.82) is 0 Å². The molecule has 0 aromatic rings. The van der Waals surface area contributed by atoms with Crippen molar-refractivity contribution >= 4 is 7.82 Å². The minimum absolute atomic E-state index is 0.0148. The van der Waals surface area contributed by atoms with E-state index in [0.29, 0.717) is 36.8 Å². The predicted molar refractivity (Wildman–Crippen MR) is 224 cm³/mol. The number of hydrogen-bond donors (Lipinski definition) is 1. The first-order valence-corrected chi connectivity index (χ1v) is 23.8. The lowest BCUT2D eigenvalue weighted by atomic mass is 9.91. The number of hydrogen-bond acceptors (Lipinski definition) is 5. The Morgan fingerprint density at radius 1 is 0.519 bits per heavy atom. The van der Waals surface area contributed by atoms with E-state index in [1.807, 2.05) is 21.1 Å². The van der Waals surface area contributed by atoms with E-state index in [2.05, 4.69) is 41.5 Å². The molecule has 0 aliphatic rings. The molecule has 0 bridgehead atoms. The second-order valence-electron chi connectivity index (χ2n) is 18.1. The maximum absolute atomic E-state index is 12.6. The third-order valence-electron chi connectivity index (χ3n) is 10.6. The standard InChI is InChI=1S/C44H92NO6P/c1-10-11-12-13-14-15-16-17-18-19-20-21-22-23-35-48-38-44(39-51-52(46,47)50-37-34-45(7,8)9)49-36-33-43(6)32-26-31-42(5)30-25-29-41(4)28-24-27-40(2)3/h40-44H,10-39H2,1-9H3/p+1/t41-,42-,43-,44-/m1/s1. The Balaban J connectivity index is 4.34. The number of phosphoric ester groups is 1. The molecule has 0 rings (SSSR count). The highest BCUT2D eigenvalue weighted by atomic mass is 31.2. The van der Waals surface area contributed by atoms with Crippen LogP contribution in [0.3, 0.4) is 0 Å². The normalized spacial score (nSPS) is 15.9. The zero-order valence-corrected chi connectivity index (χ0v) is 37.4. The van der Waals surface area contributed by atoms with Crippen molar-refractivity contribution in [2.75, 3.05) is 60.7 Å². The van der Waals surface area contributed by atoms with Crippen LogP contribution in [0.15, 0.2) is 0 Å². The number of quaternary nitrogens is 1. The second kappa shape index (κ2) is 34.3. The summed E-state index contributed by atoms with van der Waals surface area (Å²) in [6.07, 6.45) is 31.2. The van der Waals surface area contributed by atoms with Crippen molar-refractivity contribution in [1.82, 2.24) is 0 Å². The molecule has 1 unspecified atom stereocenters. The molecule has 0 amide bonds. The molecule has 8 heteroatoms. The first kappa shape index (κ1) is 52.0. The summed E-state index contributed by atoms with van der Waals surface area (Å²) in [5.41, 5.74) is 0. The van der Waals surface area contributed by atoms with Crippen LogP contribution in [-0.4, -0.2) is 76.2 Å². The van der Waals surface area contributed by atoms with E-state index >= 15 is 0 Å². The van der Waals surface area contributed by atoms with Gasteiger partial charge >= 0.3 is 7.82 Å². The SMILES string of the molecule is CCCCCCCCCCCCCCCCOC[C@H](COP(=O)(O)OCC[N+](C)(C)C)OCC[C@H](C)CCC[C@H](C)CCC[C@H](C)CCCC(C)C. The average Bonchev–Trinajstić information content (AvgIpc) is 3.05. The lowest BCUT2D eigenvalue weighted by Gasteiger charge is -2.24. The fourth-order valence-electron chi connectivity index (χ4n) is 6.78. The van der Waals surface area contributed by atoms with Crippen LogP contribution >= 0.6 is 7.82 Å². The largest absolute Gasteiger partial charge is 0.472 e. The summed E-state index contributed by atoms with van der Waals surface area (Å²) < 4.78 is 36.0. The highest BCUT2D eigenvalue weighted by Crippen LogP contribution is 2.43. The van der Waals surface area contributed by atoms with E-state index in [1.165, 1.54) is 141 Å². The monoisotopic (exact) mass is 763 g/mol. The summed E-state index contributed by atoms with van der Waals surface area (Å²) in [6.45, 7) is 16.5. The molecule has 7 nitrogen and oxygen atoms in total. The molecule has 52 heavy (non-hydrogen) atoms. The van der Waals surface area contributed by atoms with E-state index in [9.17, 15) is 9.46 Å². The molecule has 1 N–H and O–H groups in total. The Morgan fingerprint density at radius 3 is 1.42 bits per heavy atom. The number of unbranched alkanes of at least 4 members (excludes halogenated alkanes) is 13. The highest BCUT2D eigenvalue weighted by molar-refractivity contribution is 7.47. The topological polar surface area (TPSA) is 74.2 Å². The van der Waals surface area contributed by atoms with Gasteiger partial charge in [-0.3, -0.25) is 9.05 Å². The summed E-state index contributed by atoms with van der Waals surface area (Å²) in [6, 6.07) is 0. The first-order chi connectivity index (χ1) is 24.7. The molecular formula is C44H93NO6P+. The third kappa shape index (κ3) is 38.3. The van der Waals surface area contributed by atoms with Crippen molar-refractivity contribution in [3.63, 3.8) is 0 Å². The number of rotatable bonds is 40. The number of ether oxygens (including phenoxy) is 2. The van der Waals surface area contributed by atoms with E-state index in [1.54, 1.807) is 0 Å². The fraction of sp³-hybridized carbons (Fsp3) is 1.00. The molecule has 0 saturated heterocycles. The van der Waals surface area contributed by atoms with Gasteiger partial charge in [-0.05, 0) is 36.5 Å². The predicted octanol–water partition coefficient (Wildman–Crippen LogP) is 13.2. The van der Waals surface area contributed by atoms with Crippen LogP contribution in [0.4, 0.5) is 0 Å². The molecule has 0 aromatic heterocycles. The summed E-state index contributed by atoms with van der Waals surface area (Å²) in [4.78, 5) is 10.3. The fourth-order valence-corrected chi connectivity index (χ4v) is 7.52. The molecular weight excluding hydrogens is 669 g/mol. The van der Waals surface area contributed by atoms with Crippen LogP contribution in [0, 0.1) is 23.7 Å².